The van der Waals surface area contributed by atoms with E-state index in [0.717, 1.165) is 11.1 Å². The van der Waals surface area contributed by atoms with Crippen molar-refractivity contribution in [1.29, 1.82) is 0 Å². The van der Waals surface area contributed by atoms with Gasteiger partial charge in [-0.2, -0.15) is 0 Å². The minimum absolute atomic E-state index is 0.253. The van der Waals surface area contributed by atoms with Crippen LogP contribution in [0.25, 0.3) is 0 Å². The lowest BCUT2D eigenvalue weighted by Gasteiger charge is -2.12. The summed E-state index contributed by atoms with van der Waals surface area (Å²) in [5, 5.41) is 3.08. The molecule has 82 valence electrons. The van der Waals surface area contributed by atoms with Gasteiger partial charge in [-0.1, -0.05) is 0 Å². The molecule has 0 radical (unpaired) electrons. The average Bonchev–Trinajstić information content (AvgIpc) is 2.26. The number of ether oxygens (including phenoxy) is 1. The van der Waals surface area contributed by atoms with Gasteiger partial charge >= 0.3 is 5.97 Å². The molecular formula is C11H16N2O2. The maximum Gasteiger partial charge on any atom is 0.322 e. The highest BCUT2D eigenvalue weighted by Gasteiger charge is 2.11. The van der Waals surface area contributed by atoms with Crippen molar-refractivity contribution in [3.05, 3.63) is 29.6 Å². The van der Waals surface area contributed by atoms with Gasteiger partial charge in [-0.3, -0.25) is 9.78 Å². The summed E-state index contributed by atoms with van der Waals surface area (Å²) in [7, 11) is 1.38. The quantitative estimate of drug-likeness (QED) is 0.751. The van der Waals surface area contributed by atoms with Crippen molar-refractivity contribution in [2.75, 3.05) is 7.11 Å². The van der Waals surface area contributed by atoms with E-state index < -0.39 is 0 Å². The zero-order valence-corrected chi connectivity index (χ0v) is 9.28. The lowest BCUT2D eigenvalue weighted by molar-refractivity contribution is -0.142. The smallest absolute Gasteiger partial charge is 0.322 e. The van der Waals surface area contributed by atoms with E-state index in [1.165, 1.54) is 7.11 Å². The summed E-state index contributed by atoms with van der Waals surface area (Å²) in [6.07, 6.45) is 3.55. The van der Waals surface area contributed by atoms with Gasteiger partial charge in [0.15, 0.2) is 0 Å². The van der Waals surface area contributed by atoms with Gasteiger partial charge in [0, 0.05) is 18.9 Å². The zero-order valence-electron chi connectivity index (χ0n) is 9.28. The Kier molecular flexibility index (Phi) is 4.24. The molecule has 1 aromatic rings. The second-order valence-electron chi connectivity index (χ2n) is 3.43. The number of hydrogen-bond acceptors (Lipinski definition) is 4. The van der Waals surface area contributed by atoms with Gasteiger partial charge in [-0.15, -0.1) is 0 Å². The molecule has 0 aliphatic heterocycles. The SMILES string of the molecule is COC(=O)C(C)NCc1cnccc1C. The predicted octanol–water partition coefficient (Wildman–Crippen LogP) is 1.04. The summed E-state index contributed by atoms with van der Waals surface area (Å²) in [5.41, 5.74) is 2.25. The number of hydrogen-bond donors (Lipinski definition) is 1. The van der Waals surface area contributed by atoms with Crippen LogP contribution in [0, 0.1) is 6.92 Å². The molecule has 0 aliphatic carbocycles. The van der Waals surface area contributed by atoms with Crippen molar-refractivity contribution in [2.24, 2.45) is 0 Å². The van der Waals surface area contributed by atoms with Crippen molar-refractivity contribution >= 4 is 5.97 Å². The molecule has 1 aromatic heterocycles. The normalized spacial score (nSPS) is 12.2. The largest absolute Gasteiger partial charge is 0.468 e. The van der Waals surface area contributed by atoms with E-state index >= 15 is 0 Å². The van der Waals surface area contributed by atoms with Gasteiger partial charge in [-0.25, -0.2) is 0 Å². The number of aryl methyl sites for hydroxylation is 1. The monoisotopic (exact) mass is 208 g/mol. The third-order valence-corrected chi connectivity index (χ3v) is 2.30. The number of carbonyl (C=O) groups is 1. The van der Waals surface area contributed by atoms with Crippen LogP contribution in [0.15, 0.2) is 18.5 Å². The van der Waals surface area contributed by atoms with E-state index in [1.807, 2.05) is 13.0 Å². The summed E-state index contributed by atoms with van der Waals surface area (Å²) in [6.45, 7) is 4.41. The molecule has 1 rings (SSSR count). The van der Waals surface area contributed by atoms with E-state index in [-0.39, 0.29) is 12.0 Å². The molecule has 0 saturated carbocycles. The van der Waals surface area contributed by atoms with Gasteiger partial charge < -0.3 is 10.1 Å². The molecule has 1 unspecified atom stereocenters. The average molecular weight is 208 g/mol. The number of pyridine rings is 1. The molecule has 0 amide bonds. The molecular weight excluding hydrogens is 192 g/mol. The molecule has 0 fully saturated rings. The third-order valence-electron chi connectivity index (χ3n) is 2.30. The number of esters is 1. The Bertz CT molecular complexity index is 339. The molecule has 0 spiro atoms. The Hall–Kier alpha value is -1.42. The van der Waals surface area contributed by atoms with Crippen LogP contribution in [-0.4, -0.2) is 24.1 Å². The van der Waals surface area contributed by atoms with Crippen LogP contribution in [-0.2, 0) is 16.1 Å². The summed E-state index contributed by atoms with van der Waals surface area (Å²) < 4.78 is 4.61. The van der Waals surface area contributed by atoms with E-state index in [1.54, 1.807) is 19.3 Å². The van der Waals surface area contributed by atoms with Crippen LogP contribution >= 0.6 is 0 Å². The molecule has 4 heteroatoms. The standard InChI is InChI=1S/C11H16N2O2/c1-8-4-5-12-6-10(8)7-13-9(2)11(14)15-3/h4-6,9,13H,7H2,1-3H3. The first kappa shape index (κ1) is 11.7. The fourth-order valence-corrected chi connectivity index (χ4v) is 1.20. The van der Waals surface area contributed by atoms with Crippen LogP contribution in [0.2, 0.25) is 0 Å². The Morgan fingerprint density at radius 2 is 2.40 bits per heavy atom. The first-order valence-corrected chi connectivity index (χ1v) is 4.86. The molecule has 4 nitrogen and oxygen atoms in total. The number of methoxy groups -OCH3 is 1. The van der Waals surface area contributed by atoms with Crippen molar-refractivity contribution in [1.82, 2.24) is 10.3 Å². The maximum atomic E-state index is 11.1. The first-order valence-electron chi connectivity index (χ1n) is 4.86. The van der Waals surface area contributed by atoms with Crippen LogP contribution < -0.4 is 5.32 Å². The van der Waals surface area contributed by atoms with E-state index in [2.05, 4.69) is 15.0 Å². The summed E-state index contributed by atoms with van der Waals surface area (Å²) in [6, 6.07) is 1.65. The fraction of sp³-hybridized carbons (Fsp3) is 0.455. The molecule has 1 N–H and O–H groups in total. The van der Waals surface area contributed by atoms with E-state index in [4.69, 9.17) is 0 Å². The molecule has 0 aliphatic rings. The van der Waals surface area contributed by atoms with Gasteiger partial charge in [0.2, 0.25) is 0 Å². The molecule has 0 aromatic carbocycles. The van der Waals surface area contributed by atoms with Crippen molar-refractivity contribution in [3.8, 4) is 0 Å². The van der Waals surface area contributed by atoms with E-state index in [9.17, 15) is 4.79 Å². The Balaban J connectivity index is 2.50. The minimum Gasteiger partial charge on any atom is -0.468 e. The zero-order chi connectivity index (χ0) is 11.3. The topological polar surface area (TPSA) is 51.2 Å². The molecule has 0 bridgehead atoms. The lowest BCUT2D eigenvalue weighted by Crippen LogP contribution is -2.34. The second-order valence-corrected chi connectivity index (χ2v) is 3.43. The Labute approximate surface area is 89.7 Å². The number of nitrogens with zero attached hydrogens (tertiary/aromatic N) is 1. The fourth-order valence-electron chi connectivity index (χ4n) is 1.20. The highest BCUT2D eigenvalue weighted by molar-refractivity contribution is 5.75. The Morgan fingerprint density at radius 1 is 1.67 bits per heavy atom. The lowest BCUT2D eigenvalue weighted by atomic mass is 10.1. The highest BCUT2D eigenvalue weighted by atomic mass is 16.5. The van der Waals surface area contributed by atoms with E-state index in [0.29, 0.717) is 6.54 Å². The van der Waals surface area contributed by atoms with Crippen molar-refractivity contribution < 1.29 is 9.53 Å². The van der Waals surface area contributed by atoms with Gasteiger partial charge in [0.1, 0.15) is 6.04 Å². The summed E-state index contributed by atoms with van der Waals surface area (Å²) in [4.78, 5) is 15.1. The predicted molar refractivity (Wildman–Crippen MR) is 57.3 cm³/mol. The van der Waals surface area contributed by atoms with Crippen LogP contribution in [0.5, 0.6) is 0 Å². The van der Waals surface area contributed by atoms with Gasteiger partial charge in [0.05, 0.1) is 7.11 Å². The summed E-state index contributed by atoms with van der Waals surface area (Å²) >= 11 is 0. The number of aromatic nitrogens is 1. The maximum absolute atomic E-state index is 11.1. The van der Waals surface area contributed by atoms with Crippen molar-refractivity contribution in [2.45, 2.75) is 26.4 Å². The van der Waals surface area contributed by atoms with Gasteiger partial charge in [-0.05, 0) is 31.0 Å². The van der Waals surface area contributed by atoms with Crippen molar-refractivity contribution in [3.63, 3.8) is 0 Å². The highest BCUT2D eigenvalue weighted by Crippen LogP contribution is 2.04. The molecule has 0 saturated heterocycles. The number of carbonyl (C=O) groups excluding carboxylic acids is 1. The van der Waals surface area contributed by atoms with Crippen LogP contribution in [0.3, 0.4) is 0 Å². The third kappa shape index (κ3) is 3.32. The Morgan fingerprint density at radius 3 is 3.00 bits per heavy atom. The molecule has 15 heavy (non-hydrogen) atoms. The molecule has 1 heterocycles. The van der Waals surface area contributed by atoms with Crippen LogP contribution in [0.4, 0.5) is 0 Å². The summed E-state index contributed by atoms with van der Waals surface area (Å²) in [5.74, 6) is -0.253. The second kappa shape index (κ2) is 5.46. The van der Waals surface area contributed by atoms with Crippen LogP contribution in [0.1, 0.15) is 18.1 Å². The first-order chi connectivity index (χ1) is 7.15. The number of nitrogens with one attached hydrogen (secondary N) is 1. The van der Waals surface area contributed by atoms with Gasteiger partial charge in [0.25, 0.3) is 0 Å². The number of rotatable bonds is 4. The minimum atomic E-state index is -0.297. The molecule has 1 atom stereocenters.